The Morgan fingerprint density at radius 3 is 2.46 bits per heavy atom. The number of thiazole rings is 1. The molecule has 0 bridgehead atoms. The Bertz CT molecular complexity index is 1030. The molecule has 1 aromatic heterocycles. The van der Waals surface area contributed by atoms with Crippen LogP contribution in [-0.4, -0.2) is 30.9 Å². The molecule has 28 heavy (non-hydrogen) atoms. The molecular weight excluding hydrogens is 396 g/mol. The number of nitrogens with one attached hydrogen (secondary N) is 2. The van der Waals surface area contributed by atoms with Crippen LogP contribution < -0.4 is 15.8 Å². The van der Waals surface area contributed by atoms with E-state index in [4.69, 9.17) is 11.6 Å². The van der Waals surface area contributed by atoms with Gasteiger partial charge in [-0.25, -0.2) is 4.98 Å². The molecular formula is C20H19ClN4O2S. The number of halogens is 1. The van der Waals surface area contributed by atoms with Gasteiger partial charge in [0, 0.05) is 35.9 Å². The van der Waals surface area contributed by atoms with E-state index in [0.29, 0.717) is 26.2 Å². The van der Waals surface area contributed by atoms with Crippen molar-refractivity contribution in [1.29, 1.82) is 0 Å². The average molecular weight is 415 g/mol. The summed E-state index contributed by atoms with van der Waals surface area (Å²) < 4.78 is 0. The second-order valence-corrected chi connectivity index (χ2v) is 7.73. The number of hydrogen-bond donors (Lipinski definition) is 2. The molecule has 0 spiro atoms. The molecule has 0 saturated carbocycles. The molecule has 1 heterocycles. The van der Waals surface area contributed by atoms with Crippen molar-refractivity contribution in [2.75, 3.05) is 19.0 Å². The predicted molar refractivity (Wildman–Crippen MR) is 113 cm³/mol. The molecule has 8 heteroatoms. The lowest BCUT2D eigenvalue weighted by Crippen LogP contribution is -2.41. The Morgan fingerprint density at radius 1 is 1.04 bits per heavy atom. The fourth-order valence-corrected chi connectivity index (χ4v) is 3.67. The van der Waals surface area contributed by atoms with Crippen LogP contribution in [0.1, 0.15) is 25.7 Å². The third-order valence-electron chi connectivity index (χ3n) is 3.99. The zero-order valence-corrected chi connectivity index (χ0v) is 17.2. The summed E-state index contributed by atoms with van der Waals surface area (Å²) >= 11 is 7.27. The van der Waals surface area contributed by atoms with Gasteiger partial charge >= 0.3 is 0 Å². The number of aryl methyl sites for hydroxylation is 1. The summed E-state index contributed by atoms with van der Waals surface area (Å²) in [5.74, 6) is -0.810. The minimum absolute atomic E-state index is 0.394. The number of anilines is 1. The fraction of sp³-hybridized carbons (Fsp3) is 0.150. The first-order valence-corrected chi connectivity index (χ1v) is 9.66. The van der Waals surface area contributed by atoms with Crippen LogP contribution in [0.15, 0.2) is 48.5 Å². The summed E-state index contributed by atoms with van der Waals surface area (Å²) in [6.45, 7) is 1.75. The maximum Gasteiger partial charge on any atom is 0.281 e. The van der Waals surface area contributed by atoms with E-state index in [1.807, 2.05) is 37.2 Å². The average Bonchev–Trinajstić information content (AvgIpc) is 3.07. The molecule has 0 aliphatic carbocycles. The van der Waals surface area contributed by atoms with Gasteiger partial charge in [-0.15, -0.1) is 11.3 Å². The number of nitrogens with zero attached hydrogens (tertiary/aromatic N) is 2. The van der Waals surface area contributed by atoms with E-state index in [2.05, 4.69) is 15.8 Å². The second kappa shape index (κ2) is 8.41. The summed E-state index contributed by atoms with van der Waals surface area (Å²) in [7, 11) is 3.78. The molecule has 2 amide bonds. The van der Waals surface area contributed by atoms with Crippen LogP contribution in [0.5, 0.6) is 0 Å². The molecule has 3 rings (SSSR count). The molecule has 2 N–H and O–H groups in total. The molecule has 0 fully saturated rings. The number of hydrazine groups is 1. The van der Waals surface area contributed by atoms with Crippen LogP contribution in [0.4, 0.5) is 5.69 Å². The summed E-state index contributed by atoms with van der Waals surface area (Å²) in [6, 6.07) is 14.4. The quantitative estimate of drug-likeness (QED) is 0.635. The molecule has 0 atom stereocenters. The van der Waals surface area contributed by atoms with Crippen LogP contribution >= 0.6 is 22.9 Å². The number of hydrogen-bond acceptors (Lipinski definition) is 5. The number of rotatable bonds is 4. The minimum atomic E-state index is -0.416. The second-order valence-electron chi connectivity index (χ2n) is 6.30. The van der Waals surface area contributed by atoms with Crippen LogP contribution in [-0.2, 0) is 0 Å². The summed E-state index contributed by atoms with van der Waals surface area (Å²) in [5, 5.41) is 1.29. The summed E-state index contributed by atoms with van der Waals surface area (Å²) in [5.41, 5.74) is 7.67. The fourth-order valence-electron chi connectivity index (χ4n) is 2.52. The van der Waals surface area contributed by atoms with Crippen molar-refractivity contribution < 1.29 is 9.59 Å². The van der Waals surface area contributed by atoms with Crippen LogP contribution in [0.2, 0.25) is 5.02 Å². The third kappa shape index (κ3) is 4.49. The smallest absolute Gasteiger partial charge is 0.281 e. The van der Waals surface area contributed by atoms with Crippen molar-refractivity contribution >= 4 is 40.4 Å². The lowest BCUT2D eigenvalue weighted by molar-refractivity contribution is 0.0848. The Labute approximate surface area is 172 Å². The Morgan fingerprint density at radius 2 is 1.75 bits per heavy atom. The van der Waals surface area contributed by atoms with Crippen molar-refractivity contribution in [2.45, 2.75) is 6.92 Å². The Hall–Kier alpha value is -2.90. The normalized spacial score (nSPS) is 10.4. The zero-order chi connectivity index (χ0) is 20.3. The number of carbonyl (C=O) groups excluding carboxylic acids is 2. The standard InChI is InChI=1S/C20H19ClN4O2S/c1-12-17(28-20(22-12)14-7-4-8-15(21)10-14)19(27)24-23-18(26)13-6-5-9-16(11-13)25(2)3/h4-11H,1-3H3,(H,23,26)(H,24,27). The van der Waals surface area contributed by atoms with Gasteiger partial charge in [0.05, 0.1) is 5.69 Å². The van der Waals surface area contributed by atoms with Gasteiger partial charge in [-0.3, -0.25) is 20.4 Å². The first kappa shape index (κ1) is 19.9. The van der Waals surface area contributed by atoms with Gasteiger partial charge < -0.3 is 4.90 Å². The Kier molecular flexibility index (Phi) is 5.96. The van der Waals surface area contributed by atoms with Gasteiger partial charge in [0.15, 0.2) is 0 Å². The number of benzene rings is 2. The molecule has 0 aliphatic heterocycles. The van der Waals surface area contributed by atoms with Crippen molar-refractivity contribution in [3.63, 3.8) is 0 Å². The number of carbonyl (C=O) groups is 2. The predicted octanol–water partition coefficient (Wildman–Crippen LogP) is 3.91. The first-order valence-electron chi connectivity index (χ1n) is 8.46. The monoisotopic (exact) mass is 414 g/mol. The SMILES string of the molecule is Cc1nc(-c2cccc(Cl)c2)sc1C(=O)NNC(=O)c1cccc(N(C)C)c1. The molecule has 3 aromatic rings. The third-order valence-corrected chi connectivity index (χ3v) is 5.43. The van der Waals surface area contributed by atoms with Crippen LogP contribution in [0.25, 0.3) is 10.6 Å². The van der Waals surface area contributed by atoms with E-state index in [0.717, 1.165) is 11.3 Å². The van der Waals surface area contributed by atoms with E-state index in [-0.39, 0.29) is 0 Å². The van der Waals surface area contributed by atoms with Crippen LogP contribution in [0.3, 0.4) is 0 Å². The van der Waals surface area contributed by atoms with Crippen molar-refractivity contribution in [3.05, 3.63) is 69.7 Å². The van der Waals surface area contributed by atoms with E-state index in [9.17, 15) is 9.59 Å². The molecule has 6 nitrogen and oxygen atoms in total. The van der Waals surface area contributed by atoms with Gasteiger partial charge in [0.25, 0.3) is 11.8 Å². The topological polar surface area (TPSA) is 74.3 Å². The zero-order valence-electron chi connectivity index (χ0n) is 15.6. The highest BCUT2D eigenvalue weighted by Crippen LogP contribution is 2.29. The highest BCUT2D eigenvalue weighted by atomic mass is 35.5. The maximum absolute atomic E-state index is 12.5. The minimum Gasteiger partial charge on any atom is -0.378 e. The number of aromatic nitrogens is 1. The van der Waals surface area contributed by atoms with Gasteiger partial charge in [0.1, 0.15) is 9.88 Å². The highest BCUT2D eigenvalue weighted by Gasteiger charge is 2.17. The van der Waals surface area contributed by atoms with Gasteiger partial charge in [-0.05, 0) is 37.3 Å². The lowest BCUT2D eigenvalue weighted by Gasteiger charge is -2.13. The summed E-state index contributed by atoms with van der Waals surface area (Å²) in [4.78, 5) is 31.6. The highest BCUT2D eigenvalue weighted by molar-refractivity contribution is 7.17. The van der Waals surface area contributed by atoms with Gasteiger partial charge in [0.2, 0.25) is 0 Å². The molecule has 144 valence electrons. The van der Waals surface area contributed by atoms with Crippen molar-refractivity contribution in [2.24, 2.45) is 0 Å². The van der Waals surface area contributed by atoms with E-state index < -0.39 is 11.8 Å². The molecule has 0 aliphatic rings. The van der Waals surface area contributed by atoms with Crippen LogP contribution in [0, 0.1) is 6.92 Å². The van der Waals surface area contributed by atoms with E-state index in [1.54, 1.807) is 37.3 Å². The maximum atomic E-state index is 12.5. The van der Waals surface area contributed by atoms with Crippen molar-refractivity contribution in [1.82, 2.24) is 15.8 Å². The molecule has 0 saturated heterocycles. The molecule has 0 unspecified atom stereocenters. The largest absolute Gasteiger partial charge is 0.378 e. The Balaban J connectivity index is 1.70. The summed E-state index contributed by atoms with van der Waals surface area (Å²) in [6.07, 6.45) is 0. The lowest BCUT2D eigenvalue weighted by atomic mass is 10.2. The number of amides is 2. The van der Waals surface area contributed by atoms with E-state index in [1.165, 1.54) is 11.3 Å². The van der Waals surface area contributed by atoms with Crippen molar-refractivity contribution in [3.8, 4) is 10.6 Å². The van der Waals surface area contributed by atoms with E-state index >= 15 is 0 Å². The first-order chi connectivity index (χ1) is 13.3. The van der Waals surface area contributed by atoms with Gasteiger partial charge in [-0.1, -0.05) is 29.8 Å². The molecule has 0 radical (unpaired) electrons. The van der Waals surface area contributed by atoms with Gasteiger partial charge in [-0.2, -0.15) is 0 Å². The molecule has 2 aromatic carbocycles.